The second-order valence-corrected chi connectivity index (χ2v) is 8.15. The van der Waals surface area contributed by atoms with Crippen LogP contribution < -0.4 is 10.1 Å². The fourth-order valence-electron chi connectivity index (χ4n) is 3.17. The SMILES string of the molecule is COc1ccc(F)cc1CN1CCN(C(=O)CCCNC(=O)OC(C)(C)C)CC1. The van der Waals surface area contributed by atoms with Gasteiger partial charge in [0.1, 0.15) is 17.2 Å². The molecule has 29 heavy (non-hydrogen) atoms. The molecule has 0 radical (unpaired) electrons. The van der Waals surface area contributed by atoms with E-state index in [2.05, 4.69) is 10.2 Å². The first-order chi connectivity index (χ1) is 13.7. The number of amides is 2. The van der Waals surface area contributed by atoms with E-state index in [1.54, 1.807) is 33.9 Å². The van der Waals surface area contributed by atoms with Crippen LogP contribution in [0.2, 0.25) is 0 Å². The maximum atomic E-state index is 13.5. The summed E-state index contributed by atoms with van der Waals surface area (Å²) in [6, 6.07) is 4.51. The number of halogens is 1. The van der Waals surface area contributed by atoms with Crippen molar-refractivity contribution in [3.05, 3.63) is 29.6 Å². The van der Waals surface area contributed by atoms with Gasteiger partial charge in [-0.3, -0.25) is 9.69 Å². The summed E-state index contributed by atoms with van der Waals surface area (Å²) in [6.45, 7) is 9.12. The first-order valence-electron chi connectivity index (χ1n) is 9.97. The minimum Gasteiger partial charge on any atom is -0.496 e. The molecule has 1 aliphatic heterocycles. The number of methoxy groups -OCH3 is 1. The number of nitrogens with one attached hydrogen (secondary N) is 1. The highest BCUT2D eigenvalue weighted by molar-refractivity contribution is 5.76. The van der Waals surface area contributed by atoms with Crippen LogP contribution in [0.3, 0.4) is 0 Å². The quantitative estimate of drug-likeness (QED) is 0.702. The van der Waals surface area contributed by atoms with E-state index in [1.165, 1.54) is 12.1 Å². The lowest BCUT2D eigenvalue weighted by Crippen LogP contribution is -2.48. The van der Waals surface area contributed by atoms with E-state index < -0.39 is 11.7 Å². The molecule has 1 N–H and O–H groups in total. The molecule has 2 rings (SSSR count). The largest absolute Gasteiger partial charge is 0.496 e. The third kappa shape index (κ3) is 7.89. The molecule has 0 spiro atoms. The molecule has 1 saturated heterocycles. The summed E-state index contributed by atoms with van der Waals surface area (Å²) in [6.07, 6.45) is 0.484. The molecule has 1 aliphatic rings. The van der Waals surface area contributed by atoms with Crippen LogP contribution in [0.15, 0.2) is 18.2 Å². The molecule has 1 fully saturated rings. The van der Waals surface area contributed by atoms with Gasteiger partial charge >= 0.3 is 6.09 Å². The first kappa shape index (κ1) is 22.9. The Morgan fingerprint density at radius 3 is 2.48 bits per heavy atom. The van der Waals surface area contributed by atoms with Gasteiger partial charge in [0.05, 0.1) is 7.11 Å². The highest BCUT2D eigenvalue weighted by atomic mass is 19.1. The molecule has 1 heterocycles. The van der Waals surface area contributed by atoms with Crippen LogP contribution in [0.5, 0.6) is 5.75 Å². The maximum Gasteiger partial charge on any atom is 0.407 e. The van der Waals surface area contributed by atoms with Crippen molar-refractivity contribution in [1.82, 2.24) is 15.1 Å². The van der Waals surface area contributed by atoms with E-state index in [0.717, 1.165) is 18.7 Å². The van der Waals surface area contributed by atoms with E-state index in [1.807, 2.05) is 4.90 Å². The Balaban J connectivity index is 1.69. The predicted octanol–water partition coefficient (Wildman–Crippen LogP) is 2.78. The van der Waals surface area contributed by atoms with Crippen molar-refractivity contribution < 1.29 is 23.5 Å². The first-order valence-corrected chi connectivity index (χ1v) is 9.97. The topological polar surface area (TPSA) is 71.1 Å². The summed E-state index contributed by atoms with van der Waals surface area (Å²) >= 11 is 0. The molecular weight excluding hydrogens is 377 g/mol. The van der Waals surface area contributed by atoms with Crippen LogP contribution in [-0.4, -0.2) is 67.2 Å². The number of hydrogen-bond acceptors (Lipinski definition) is 5. The van der Waals surface area contributed by atoms with Crippen molar-refractivity contribution in [1.29, 1.82) is 0 Å². The number of hydrogen-bond donors (Lipinski definition) is 1. The molecule has 8 heteroatoms. The van der Waals surface area contributed by atoms with Gasteiger partial charge in [0.15, 0.2) is 0 Å². The van der Waals surface area contributed by atoms with Gasteiger partial charge in [0.25, 0.3) is 0 Å². The summed E-state index contributed by atoms with van der Waals surface area (Å²) in [4.78, 5) is 28.0. The van der Waals surface area contributed by atoms with Gasteiger partial charge in [-0.25, -0.2) is 9.18 Å². The summed E-state index contributed by atoms with van der Waals surface area (Å²) < 4.78 is 24.0. The van der Waals surface area contributed by atoms with Gasteiger partial charge in [0.2, 0.25) is 5.91 Å². The Morgan fingerprint density at radius 1 is 1.17 bits per heavy atom. The predicted molar refractivity (Wildman–Crippen MR) is 108 cm³/mol. The Hall–Kier alpha value is -2.35. The second kappa shape index (κ2) is 10.4. The van der Waals surface area contributed by atoms with E-state index >= 15 is 0 Å². The lowest BCUT2D eigenvalue weighted by Gasteiger charge is -2.35. The van der Waals surface area contributed by atoms with Crippen LogP contribution in [-0.2, 0) is 16.1 Å². The Morgan fingerprint density at radius 2 is 1.86 bits per heavy atom. The summed E-state index contributed by atoms with van der Waals surface area (Å²) in [5.41, 5.74) is 0.273. The smallest absolute Gasteiger partial charge is 0.407 e. The Bertz CT molecular complexity index is 698. The molecule has 0 bridgehead atoms. The monoisotopic (exact) mass is 409 g/mol. The van der Waals surface area contributed by atoms with Crippen molar-refractivity contribution in [2.75, 3.05) is 39.8 Å². The van der Waals surface area contributed by atoms with Crippen LogP contribution in [0.1, 0.15) is 39.2 Å². The molecule has 0 atom stereocenters. The standard InChI is InChI=1S/C21H32FN3O4/c1-21(2,3)29-20(27)23-9-5-6-19(26)25-12-10-24(11-13-25)15-16-14-17(22)7-8-18(16)28-4/h7-8,14H,5-6,9-13,15H2,1-4H3,(H,23,27). The Labute approximate surface area is 172 Å². The fourth-order valence-corrected chi connectivity index (χ4v) is 3.17. The maximum absolute atomic E-state index is 13.5. The van der Waals surface area contributed by atoms with Gasteiger partial charge in [-0.2, -0.15) is 0 Å². The Kier molecular flexibility index (Phi) is 8.25. The number of benzene rings is 1. The van der Waals surface area contributed by atoms with E-state index in [0.29, 0.717) is 44.8 Å². The molecule has 162 valence electrons. The summed E-state index contributed by atoms with van der Waals surface area (Å²) in [5, 5.41) is 2.66. The van der Waals surface area contributed by atoms with E-state index in [-0.39, 0.29) is 11.7 Å². The molecule has 0 aliphatic carbocycles. The highest BCUT2D eigenvalue weighted by Gasteiger charge is 2.22. The zero-order valence-electron chi connectivity index (χ0n) is 17.8. The number of piperazine rings is 1. The molecule has 0 saturated carbocycles. The van der Waals surface area contributed by atoms with Crippen LogP contribution in [0.4, 0.5) is 9.18 Å². The number of nitrogens with zero attached hydrogens (tertiary/aromatic N) is 2. The molecule has 0 aromatic heterocycles. The number of carbonyl (C=O) groups is 2. The molecule has 1 aromatic carbocycles. The van der Waals surface area contributed by atoms with Gasteiger partial charge < -0.3 is 19.7 Å². The minimum absolute atomic E-state index is 0.0824. The zero-order valence-corrected chi connectivity index (χ0v) is 17.8. The summed E-state index contributed by atoms with van der Waals surface area (Å²) in [5.74, 6) is 0.468. The van der Waals surface area contributed by atoms with E-state index in [9.17, 15) is 14.0 Å². The number of rotatable bonds is 7. The van der Waals surface area contributed by atoms with Crippen LogP contribution in [0, 0.1) is 5.82 Å². The van der Waals surface area contributed by atoms with Crippen LogP contribution in [0.25, 0.3) is 0 Å². The molecular formula is C21H32FN3O4. The van der Waals surface area contributed by atoms with Crippen molar-refractivity contribution >= 4 is 12.0 Å². The third-order valence-electron chi connectivity index (χ3n) is 4.60. The van der Waals surface area contributed by atoms with E-state index in [4.69, 9.17) is 9.47 Å². The average Bonchev–Trinajstić information content (AvgIpc) is 2.64. The molecule has 1 aromatic rings. The lowest BCUT2D eigenvalue weighted by molar-refractivity contribution is -0.133. The zero-order chi connectivity index (χ0) is 21.4. The average molecular weight is 410 g/mol. The van der Waals surface area contributed by atoms with Crippen molar-refractivity contribution in [2.45, 2.75) is 45.8 Å². The molecule has 7 nitrogen and oxygen atoms in total. The third-order valence-corrected chi connectivity index (χ3v) is 4.60. The highest BCUT2D eigenvalue weighted by Crippen LogP contribution is 2.21. The van der Waals surface area contributed by atoms with Crippen molar-refractivity contribution in [3.63, 3.8) is 0 Å². The fraction of sp³-hybridized carbons (Fsp3) is 0.619. The van der Waals surface area contributed by atoms with Crippen molar-refractivity contribution in [2.24, 2.45) is 0 Å². The van der Waals surface area contributed by atoms with Crippen LogP contribution >= 0.6 is 0 Å². The second-order valence-electron chi connectivity index (χ2n) is 8.15. The number of carbonyl (C=O) groups excluding carboxylic acids is 2. The minimum atomic E-state index is -0.533. The van der Waals surface area contributed by atoms with Gasteiger partial charge in [0, 0.05) is 51.3 Å². The number of alkyl carbamates (subject to hydrolysis) is 1. The van der Waals surface area contributed by atoms with Gasteiger partial charge in [-0.15, -0.1) is 0 Å². The van der Waals surface area contributed by atoms with Gasteiger partial charge in [-0.1, -0.05) is 0 Å². The normalized spacial score (nSPS) is 15.1. The van der Waals surface area contributed by atoms with Crippen molar-refractivity contribution in [3.8, 4) is 5.75 Å². The van der Waals surface area contributed by atoms with Gasteiger partial charge in [-0.05, 0) is 45.4 Å². The molecule has 0 unspecified atom stereocenters. The molecule has 2 amide bonds. The summed E-state index contributed by atoms with van der Waals surface area (Å²) in [7, 11) is 1.57. The number of ether oxygens (including phenoxy) is 2. The lowest BCUT2D eigenvalue weighted by atomic mass is 10.1.